The molecule has 1 aliphatic carbocycles. The van der Waals surface area contributed by atoms with E-state index in [0.717, 1.165) is 82.2 Å². The van der Waals surface area contributed by atoms with Gasteiger partial charge < -0.3 is 31.5 Å². The number of ether oxygens (including phenoxy) is 1. The Bertz CT molecular complexity index is 1130. The summed E-state index contributed by atoms with van der Waals surface area (Å²) in [5.41, 5.74) is -0.719. The largest absolute Gasteiger partial charge is 1.00 e. The first-order chi connectivity index (χ1) is 18.2. The Morgan fingerprint density at radius 2 is 1.64 bits per heavy atom. The molecule has 0 unspecified atom stereocenters. The zero-order valence-corrected chi connectivity index (χ0v) is 23.3. The Hall–Kier alpha value is -2.53. The van der Waals surface area contributed by atoms with Gasteiger partial charge in [0.05, 0.1) is 18.5 Å². The summed E-state index contributed by atoms with van der Waals surface area (Å²) >= 11 is 0. The maximum atomic E-state index is 13.9. The molecule has 3 saturated heterocycles. The summed E-state index contributed by atoms with van der Waals surface area (Å²) in [5, 5.41) is 9.26. The number of benzene rings is 1. The van der Waals surface area contributed by atoms with E-state index in [9.17, 15) is 22.8 Å². The van der Waals surface area contributed by atoms with Gasteiger partial charge in [-0.2, -0.15) is 13.2 Å². The molecule has 1 atom stereocenters. The molecule has 4 heterocycles. The summed E-state index contributed by atoms with van der Waals surface area (Å²) in [5.74, 6) is -0.225. The lowest BCUT2D eigenvalue weighted by Crippen LogP contribution is -3.00. The van der Waals surface area contributed by atoms with Crippen LogP contribution < -0.4 is 22.3 Å². The van der Waals surface area contributed by atoms with Gasteiger partial charge in [-0.25, -0.2) is 0 Å². The van der Waals surface area contributed by atoms with E-state index in [1.807, 2.05) is 30.3 Å². The van der Waals surface area contributed by atoms with Crippen molar-refractivity contribution in [1.82, 2.24) is 10.2 Å². The molecule has 4 aliphatic rings. The van der Waals surface area contributed by atoms with Crippen LogP contribution in [0.5, 0.6) is 0 Å². The second kappa shape index (κ2) is 11.9. The van der Waals surface area contributed by atoms with Crippen molar-refractivity contribution in [2.75, 3.05) is 31.5 Å². The highest BCUT2D eigenvalue weighted by molar-refractivity contribution is 5.90. The molecule has 0 spiro atoms. The number of alkyl halides is 3. The van der Waals surface area contributed by atoms with Crippen LogP contribution in [0.1, 0.15) is 62.6 Å². The third-order valence-corrected chi connectivity index (χ3v) is 8.68. The van der Waals surface area contributed by atoms with Crippen LogP contribution in [0.2, 0.25) is 0 Å². The normalized spacial score (nSPS) is 26.1. The lowest BCUT2D eigenvalue weighted by atomic mass is 9.74. The number of hydrogen-bond acceptors (Lipinski definition) is 5. The van der Waals surface area contributed by atoms with Gasteiger partial charge in [0, 0.05) is 18.8 Å². The molecule has 39 heavy (non-hydrogen) atoms. The van der Waals surface area contributed by atoms with Crippen LogP contribution in [0.15, 0.2) is 42.5 Å². The minimum absolute atomic E-state index is 0. The van der Waals surface area contributed by atoms with Crippen LogP contribution in [0.25, 0.3) is 0 Å². The van der Waals surface area contributed by atoms with Crippen molar-refractivity contribution < 1.29 is 49.0 Å². The van der Waals surface area contributed by atoms with Crippen molar-refractivity contribution in [3.8, 4) is 0 Å². The molecule has 7 nitrogen and oxygen atoms in total. The number of halogens is 4. The standard InChI is InChI=1S/C28H33F3N4O3.BrH/c29-28(30,31)23-10-11-24(34-33-23)32-25(36)19-35-16-12-20(13-17-35)22(18-35)38-26(37)27(14-6-1-2-7-15-27)21-8-4-3-5-9-21;/h3-5,8-11,20,22H,1-2,6-7,12-19H2;1H/t20?,22-,35?;/m0./s1. The molecule has 4 fully saturated rings. The van der Waals surface area contributed by atoms with Gasteiger partial charge in [-0.15, -0.1) is 10.2 Å². The van der Waals surface area contributed by atoms with E-state index in [0.29, 0.717) is 11.0 Å². The van der Waals surface area contributed by atoms with Gasteiger partial charge in [-0.05, 0) is 30.5 Å². The number of amides is 1. The van der Waals surface area contributed by atoms with Crippen molar-refractivity contribution in [3.05, 3.63) is 53.7 Å². The molecule has 2 bridgehead atoms. The molecule has 212 valence electrons. The molecule has 1 saturated carbocycles. The Labute approximate surface area is 236 Å². The third-order valence-electron chi connectivity index (χ3n) is 8.68. The van der Waals surface area contributed by atoms with E-state index >= 15 is 0 Å². The summed E-state index contributed by atoms with van der Waals surface area (Å²) < 4.78 is 45.1. The highest BCUT2D eigenvalue weighted by atomic mass is 79.9. The molecule has 11 heteroatoms. The number of hydrogen-bond donors (Lipinski definition) is 1. The summed E-state index contributed by atoms with van der Waals surface area (Å²) in [4.78, 5) is 26.7. The molecular formula is C28H34BrF3N4O3. The maximum Gasteiger partial charge on any atom is 0.435 e. The minimum atomic E-state index is -4.59. The Balaban J connectivity index is 0.00000353. The number of anilines is 1. The predicted molar refractivity (Wildman–Crippen MR) is 134 cm³/mol. The monoisotopic (exact) mass is 610 g/mol. The smallest absolute Gasteiger partial charge is 0.435 e. The average molecular weight is 612 g/mol. The second-order valence-corrected chi connectivity index (χ2v) is 11.1. The highest BCUT2D eigenvalue weighted by Crippen LogP contribution is 2.42. The van der Waals surface area contributed by atoms with Gasteiger partial charge in [-0.3, -0.25) is 9.59 Å². The van der Waals surface area contributed by atoms with Crippen LogP contribution in [0, 0.1) is 5.92 Å². The molecule has 6 rings (SSSR count). The SMILES string of the molecule is O=C(C[N+]12CCC(CC1)[C@@H](OC(=O)C1(c3ccccc3)CCCCCC1)C2)Nc1ccc(C(F)(F)F)nn1.[Br-]. The predicted octanol–water partition coefficient (Wildman–Crippen LogP) is 1.88. The number of rotatable bonds is 6. The van der Waals surface area contributed by atoms with Crippen LogP contribution >= 0.6 is 0 Å². The number of aromatic nitrogens is 2. The fraction of sp³-hybridized carbons (Fsp3) is 0.571. The van der Waals surface area contributed by atoms with E-state index in [-0.39, 0.29) is 53.2 Å². The van der Waals surface area contributed by atoms with Gasteiger partial charge in [0.2, 0.25) is 0 Å². The van der Waals surface area contributed by atoms with Gasteiger partial charge >= 0.3 is 12.1 Å². The Kier molecular flexibility index (Phi) is 9.00. The first-order valence-corrected chi connectivity index (χ1v) is 13.5. The lowest BCUT2D eigenvalue weighted by molar-refractivity contribution is -0.939. The molecule has 1 aromatic heterocycles. The van der Waals surface area contributed by atoms with Crippen molar-refractivity contribution >= 4 is 17.7 Å². The van der Waals surface area contributed by atoms with Crippen LogP contribution in [-0.2, 0) is 25.9 Å². The molecule has 0 radical (unpaired) electrons. The molecule has 1 amide bonds. The van der Waals surface area contributed by atoms with Crippen molar-refractivity contribution in [3.63, 3.8) is 0 Å². The number of carbonyl (C=O) groups excluding carboxylic acids is 2. The van der Waals surface area contributed by atoms with E-state index in [1.54, 1.807) is 0 Å². The van der Waals surface area contributed by atoms with Crippen LogP contribution in [0.3, 0.4) is 0 Å². The van der Waals surface area contributed by atoms with Gasteiger partial charge in [-0.1, -0.05) is 56.0 Å². The highest BCUT2D eigenvalue weighted by Gasteiger charge is 2.51. The number of carbonyl (C=O) groups is 2. The number of nitrogens with one attached hydrogen (secondary N) is 1. The third kappa shape index (κ3) is 6.45. The van der Waals surface area contributed by atoms with Crippen molar-refractivity contribution in [2.24, 2.45) is 5.92 Å². The minimum Gasteiger partial charge on any atom is -1.00 e. The fourth-order valence-corrected chi connectivity index (χ4v) is 6.56. The van der Waals surface area contributed by atoms with Gasteiger partial charge in [0.25, 0.3) is 5.91 Å². The first kappa shape index (κ1) is 29.5. The number of esters is 1. The average Bonchev–Trinajstić information content (AvgIpc) is 3.17. The zero-order valence-electron chi connectivity index (χ0n) is 21.8. The van der Waals surface area contributed by atoms with Crippen LogP contribution in [-0.4, -0.2) is 58.8 Å². The number of quaternary nitrogens is 1. The number of fused-ring (bicyclic) bond motifs is 3. The summed E-state index contributed by atoms with van der Waals surface area (Å²) in [7, 11) is 0. The van der Waals surface area contributed by atoms with Crippen molar-refractivity contribution in [1.29, 1.82) is 0 Å². The summed E-state index contributed by atoms with van der Waals surface area (Å²) in [6, 6.07) is 11.9. The summed E-state index contributed by atoms with van der Waals surface area (Å²) in [6.45, 7) is 2.31. The maximum absolute atomic E-state index is 13.9. The van der Waals surface area contributed by atoms with Crippen LogP contribution in [0.4, 0.5) is 19.0 Å². The summed E-state index contributed by atoms with van der Waals surface area (Å²) in [6.07, 6.45) is 2.66. The molecular weight excluding hydrogens is 577 g/mol. The molecule has 1 N–H and O–H groups in total. The second-order valence-electron chi connectivity index (χ2n) is 11.1. The van der Waals surface area contributed by atoms with Gasteiger partial charge in [0.15, 0.2) is 24.2 Å². The van der Waals surface area contributed by atoms with E-state index in [2.05, 4.69) is 15.5 Å². The lowest BCUT2D eigenvalue weighted by Gasteiger charge is -2.52. The molecule has 1 aromatic carbocycles. The topological polar surface area (TPSA) is 81.2 Å². The van der Waals surface area contributed by atoms with Crippen molar-refractivity contribution in [2.45, 2.75) is 69.1 Å². The number of piperidine rings is 3. The Morgan fingerprint density at radius 3 is 2.23 bits per heavy atom. The van der Waals surface area contributed by atoms with E-state index < -0.39 is 17.3 Å². The van der Waals surface area contributed by atoms with Gasteiger partial charge in [0.1, 0.15) is 6.54 Å². The first-order valence-electron chi connectivity index (χ1n) is 13.5. The number of nitrogens with zero attached hydrogens (tertiary/aromatic N) is 3. The fourth-order valence-electron chi connectivity index (χ4n) is 6.56. The zero-order chi connectivity index (χ0) is 26.8. The van der Waals surface area contributed by atoms with E-state index in [1.165, 1.54) is 0 Å². The quantitative estimate of drug-likeness (QED) is 0.307. The molecule has 3 aliphatic heterocycles. The van der Waals surface area contributed by atoms with E-state index in [4.69, 9.17) is 4.74 Å². The molecule has 2 aromatic rings. The Morgan fingerprint density at radius 1 is 0.974 bits per heavy atom.